The van der Waals surface area contributed by atoms with Gasteiger partial charge in [-0.3, -0.25) is 0 Å². The minimum absolute atomic E-state index is 0.582. The second-order valence-electron chi connectivity index (χ2n) is 8.43. The topological polar surface area (TPSA) is 142 Å². The highest BCUT2D eigenvalue weighted by atomic mass is 14.9. The molecule has 32 heavy (non-hydrogen) atoms. The molecular weight excluding hydrogens is 396 g/mol. The first-order valence-electron chi connectivity index (χ1n) is 10.4. The zero-order chi connectivity index (χ0) is 22.6. The fraction of sp³-hybridized carbons (Fsp3) is 0.0769. The van der Waals surface area contributed by atoms with Gasteiger partial charge < -0.3 is 34.0 Å². The van der Waals surface area contributed by atoms with Gasteiger partial charge in [0.05, 0.1) is 34.1 Å². The molecule has 0 fully saturated rings. The average Bonchev–Trinajstić information content (AvgIpc) is 2.73. The van der Waals surface area contributed by atoms with Crippen molar-refractivity contribution in [2.24, 2.45) is 0 Å². The number of nitrogens with one attached hydrogen (secondary N) is 1. The molecular formula is C26H26N6. The van der Waals surface area contributed by atoms with Crippen LogP contribution in [0.15, 0.2) is 60.7 Å². The Bertz CT molecular complexity index is 1540. The summed E-state index contributed by atoms with van der Waals surface area (Å²) in [6.45, 7) is 2.73. The van der Waals surface area contributed by atoms with Crippen molar-refractivity contribution in [2.45, 2.75) is 13.5 Å². The van der Waals surface area contributed by atoms with Gasteiger partial charge in [-0.05, 0) is 105 Å². The number of anilines is 6. The molecule has 0 aliphatic carbocycles. The average molecular weight is 423 g/mol. The molecule has 0 aliphatic rings. The van der Waals surface area contributed by atoms with Crippen molar-refractivity contribution in [2.75, 3.05) is 34.0 Å². The minimum atomic E-state index is 0.582. The zero-order valence-corrected chi connectivity index (χ0v) is 17.9. The SMILES string of the molecule is Cc1cc2cc(N)c(N)cc2cc1CNc1cc2cc3cc(N)c(N)cc3cc2cc1N. The molecule has 6 nitrogen and oxygen atoms in total. The Labute approximate surface area is 186 Å². The second kappa shape index (κ2) is 7.13. The molecule has 0 atom stereocenters. The van der Waals surface area contributed by atoms with E-state index in [0.29, 0.717) is 35.0 Å². The molecule has 0 amide bonds. The van der Waals surface area contributed by atoms with E-state index >= 15 is 0 Å². The van der Waals surface area contributed by atoms with Crippen LogP contribution >= 0.6 is 0 Å². The minimum Gasteiger partial charge on any atom is -0.397 e. The largest absolute Gasteiger partial charge is 0.397 e. The Morgan fingerprint density at radius 2 is 0.906 bits per heavy atom. The van der Waals surface area contributed by atoms with Crippen LogP contribution in [0.3, 0.4) is 0 Å². The quantitative estimate of drug-likeness (QED) is 0.179. The lowest BCUT2D eigenvalue weighted by Gasteiger charge is -2.15. The van der Waals surface area contributed by atoms with Gasteiger partial charge in [0, 0.05) is 6.54 Å². The van der Waals surface area contributed by atoms with Gasteiger partial charge in [0.1, 0.15) is 0 Å². The molecule has 5 aromatic carbocycles. The maximum Gasteiger partial charge on any atom is 0.0583 e. The zero-order valence-electron chi connectivity index (χ0n) is 17.9. The number of benzene rings is 5. The van der Waals surface area contributed by atoms with Crippen LogP contribution in [0.4, 0.5) is 34.1 Å². The van der Waals surface area contributed by atoms with E-state index in [4.69, 9.17) is 28.7 Å². The Hall–Kier alpha value is -4.32. The molecule has 160 valence electrons. The number of nitrogens with two attached hydrogens (primary N) is 5. The maximum atomic E-state index is 6.38. The molecule has 6 heteroatoms. The monoisotopic (exact) mass is 422 g/mol. The van der Waals surface area contributed by atoms with E-state index in [1.165, 1.54) is 11.1 Å². The molecule has 0 unspecified atom stereocenters. The number of hydrogen-bond acceptors (Lipinski definition) is 6. The third-order valence-corrected chi connectivity index (χ3v) is 6.13. The van der Waals surface area contributed by atoms with Gasteiger partial charge in [-0.25, -0.2) is 0 Å². The smallest absolute Gasteiger partial charge is 0.0583 e. The lowest BCUT2D eigenvalue weighted by Crippen LogP contribution is -2.04. The summed E-state index contributed by atoms with van der Waals surface area (Å²) in [6.07, 6.45) is 0. The van der Waals surface area contributed by atoms with Crippen molar-refractivity contribution >= 4 is 66.4 Å². The molecule has 5 aromatic rings. The van der Waals surface area contributed by atoms with Gasteiger partial charge in [0.2, 0.25) is 0 Å². The fourth-order valence-corrected chi connectivity index (χ4v) is 4.23. The van der Waals surface area contributed by atoms with E-state index in [0.717, 1.165) is 38.0 Å². The standard InChI is InChI=1S/C26H26N6/c1-13-2-14-6-21(27)24(30)9-18(14)5-20(13)12-32-26-11-19-4-16-8-23(29)22(28)7-15(16)3-17(19)10-25(26)31/h2-11,32H,12,27-31H2,1H3. The first-order chi connectivity index (χ1) is 15.3. The third kappa shape index (κ3) is 3.32. The van der Waals surface area contributed by atoms with Crippen LogP contribution in [0.2, 0.25) is 0 Å². The molecule has 5 rings (SSSR count). The van der Waals surface area contributed by atoms with Crippen molar-refractivity contribution in [3.05, 3.63) is 71.8 Å². The van der Waals surface area contributed by atoms with Gasteiger partial charge >= 0.3 is 0 Å². The van der Waals surface area contributed by atoms with Crippen molar-refractivity contribution in [3.8, 4) is 0 Å². The van der Waals surface area contributed by atoms with Gasteiger partial charge in [-0.2, -0.15) is 0 Å². The summed E-state index contributed by atoms with van der Waals surface area (Å²) in [5.41, 5.74) is 36.6. The summed E-state index contributed by atoms with van der Waals surface area (Å²) < 4.78 is 0. The van der Waals surface area contributed by atoms with E-state index in [1.807, 2.05) is 30.3 Å². The van der Waals surface area contributed by atoms with E-state index in [1.54, 1.807) is 0 Å². The van der Waals surface area contributed by atoms with Gasteiger partial charge in [0.25, 0.3) is 0 Å². The highest BCUT2D eigenvalue weighted by Gasteiger charge is 2.08. The maximum absolute atomic E-state index is 6.38. The first-order valence-corrected chi connectivity index (χ1v) is 10.4. The molecule has 0 saturated heterocycles. The van der Waals surface area contributed by atoms with E-state index in [2.05, 4.69) is 42.6 Å². The molecule has 0 radical (unpaired) electrons. The summed E-state index contributed by atoms with van der Waals surface area (Å²) >= 11 is 0. The van der Waals surface area contributed by atoms with Crippen LogP contribution in [-0.4, -0.2) is 0 Å². The van der Waals surface area contributed by atoms with Crippen molar-refractivity contribution in [3.63, 3.8) is 0 Å². The van der Waals surface area contributed by atoms with Gasteiger partial charge in [-0.1, -0.05) is 6.07 Å². The number of nitrogen functional groups attached to an aromatic ring is 5. The molecule has 11 N–H and O–H groups in total. The van der Waals surface area contributed by atoms with Gasteiger partial charge in [0.15, 0.2) is 0 Å². The summed E-state index contributed by atoms with van der Waals surface area (Å²) in [5, 5.41) is 9.86. The Kier molecular flexibility index (Phi) is 4.37. The number of rotatable bonds is 3. The fourth-order valence-electron chi connectivity index (χ4n) is 4.23. The van der Waals surface area contributed by atoms with Crippen molar-refractivity contribution in [1.29, 1.82) is 0 Å². The Balaban J connectivity index is 1.50. The number of hydrogen-bond donors (Lipinski definition) is 6. The lowest BCUT2D eigenvalue weighted by atomic mass is 10.00. The summed E-state index contributed by atoms with van der Waals surface area (Å²) in [6, 6.07) is 20.2. The normalized spacial score (nSPS) is 11.4. The van der Waals surface area contributed by atoms with Crippen molar-refractivity contribution in [1.82, 2.24) is 0 Å². The van der Waals surface area contributed by atoms with Crippen LogP contribution < -0.4 is 34.0 Å². The first kappa shape index (κ1) is 19.6. The summed E-state index contributed by atoms with van der Waals surface area (Å²) in [5.74, 6) is 0. The number of fused-ring (bicyclic) bond motifs is 3. The summed E-state index contributed by atoms with van der Waals surface area (Å²) in [7, 11) is 0. The Morgan fingerprint density at radius 1 is 0.500 bits per heavy atom. The lowest BCUT2D eigenvalue weighted by molar-refractivity contribution is 1.13. The van der Waals surface area contributed by atoms with Gasteiger partial charge in [-0.15, -0.1) is 0 Å². The molecule has 0 spiro atoms. The second-order valence-corrected chi connectivity index (χ2v) is 8.43. The van der Waals surface area contributed by atoms with Crippen LogP contribution in [0.5, 0.6) is 0 Å². The highest BCUT2D eigenvalue weighted by Crippen LogP contribution is 2.33. The molecule has 0 saturated carbocycles. The third-order valence-electron chi connectivity index (χ3n) is 6.13. The summed E-state index contributed by atoms with van der Waals surface area (Å²) in [4.78, 5) is 0. The predicted octanol–water partition coefficient (Wildman–Crippen LogP) is 4.98. The molecule has 0 heterocycles. The van der Waals surface area contributed by atoms with Crippen LogP contribution in [0, 0.1) is 6.92 Å². The highest BCUT2D eigenvalue weighted by molar-refractivity contribution is 6.03. The molecule has 0 bridgehead atoms. The van der Waals surface area contributed by atoms with E-state index in [-0.39, 0.29) is 0 Å². The van der Waals surface area contributed by atoms with Crippen LogP contribution in [0.25, 0.3) is 32.3 Å². The predicted molar refractivity (Wildman–Crippen MR) is 140 cm³/mol. The van der Waals surface area contributed by atoms with Crippen LogP contribution in [-0.2, 0) is 6.54 Å². The van der Waals surface area contributed by atoms with Crippen LogP contribution in [0.1, 0.15) is 11.1 Å². The molecule has 0 aliphatic heterocycles. The Morgan fingerprint density at radius 3 is 1.44 bits per heavy atom. The van der Waals surface area contributed by atoms with E-state index < -0.39 is 0 Å². The molecule has 0 aromatic heterocycles. The number of aryl methyl sites for hydroxylation is 1. The van der Waals surface area contributed by atoms with E-state index in [9.17, 15) is 0 Å². The van der Waals surface area contributed by atoms with Crippen molar-refractivity contribution < 1.29 is 0 Å².